The van der Waals surface area contributed by atoms with Gasteiger partial charge in [0.15, 0.2) is 0 Å². The Bertz CT molecular complexity index is 919. The van der Waals surface area contributed by atoms with Crippen molar-refractivity contribution in [1.29, 1.82) is 0 Å². The normalized spacial score (nSPS) is 22.3. The molecule has 0 bridgehead atoms. The molecule has 0 radical (unpaired) electrons. The maximum absolute atomic E-state index is 12.9. The number of fused-ring (bicyclic) bond motifs is 1. The fourth-order valence-corrected chi connectivity index (χ4v) is 5.54. The van der Waals surface area contributed by atoms with Gasteiger partial charge in [-0.25, -0.2) is 22.5 Å². The second kappa shape index (κ2) is 6.08. The quantitative estimate of drug-likeness (QED) is 0.819. The van der Waals surface area contributed by atoms with E-state index >= 15 is 0 Å². The van der Waals surface area contributed by atoms with E-state index < -0.39 is 16.1 Å². The monoisotopic (exact) mass is 379 g/mol. The second-order valence-corrected chi connectivity index (χ2v) is 8.72. The minimum atomic E-state index is -3.90. The number of carbonyl (C=O) groups excluding carboxylic acids is 1. The Morgan fingerprint density at radius 2 is 2.16 bits per heavy atom. The second-order valence-electron chi connectivity index (χ2n) is 6.00. The molecule has 3 heterocycles. The topological polar surface area (TPSA) is 79.8 Å². The van der Waals surface area contributed by atoms with Gasteiger partial charge in [0.05, 0.1) is 17.9 Å². The summed E-state index contributed by atoms with van der Waals surface area (Å²) >= 11 is 1.44. The van der Waals surface area contributed by atoms with Gasteiger partial charge in [0.1, 0.15) is 16.0 Å². The number of benzene rings is 1. The first kappa shape index (κ1) is 16.5. The molecule has 0 aliphatic carbocycles. The summed E-state index contributed by atoms with van der Waals surface area (Å²) in [6.07, 6.45) is 1.90. The van der Waals surface area contributed by atoms with Crippen molar-refractivity contribution in [2.75, 3.05) is 18.6 Å². The zero-order valence-corrected chi connectivity index (χ0v) is 15.2. The molecule has 4 rings (SSSR count). The van der Waals surface area contributed by atoms with E-state index in [2.05, 4.69) is 4.98 Å². The molecule has 1 unspecified atom stereocenters. The Kier molecular flexibility index (Phi) is 4.01. The van der Waals surface area contributed by atoms with Crippen LogP contribution in [0.15, 0.2) is 34.5 Å². The van der Waals surface area contributed by atoms with Crippen molar-refractivity contribution in [1.82, 2.24) is 9.29 Å². The molecule has 1 aromatic heterocycles. The number of hydrogen-bond donors (Lipinski definition) is 0. The summed E-state index contributed by atoms with van der Waals surface area (Å²) in [4.78, 5) is 18.6. The minimum absolute atomic E-state index is 0.0178. The van der Waals surface area contributed by atoms with E-state index in [1.807, 2.05) is 0 Å². The van der Waals surface area contributed by atoms with E-state index in [-0.39, 0.29) is 17.5 Å². The zero-order chi connectivity index (χ0) is 17.6. The fourth-order valence-electron chi connectivity index (χ4n) is 3.06. The number of hydrogen-bond acceptors (Lipinski definition) is 6. The molecule has 9 heteroatoms. The summed E-state index contributed by atoms with van der Waals surface area (Å²) < 4.78 is 32.2. The van der Waals surface area contributed by atoms with Gasteiger partial charge in [-0.2, -0.15) is 0 Å². The number of thiazole rings is 1. The van der Waals surface area contributed by atoms with E-state index in [4.69, 9.17) is 4.74 Å². The molecule has 0 N–H and O–H groups in total. The lowest BCUT2D eigenvalue weighted by atomic mass is 10.2. The van der Waals surface area contributed by atoms with Crippen LogP contribution in [0.1, 0.15) is 29.6 Å². The third kappa shape index (κ3) is 2.72. The van der Waals surface area contributed by atoms with Gasteiger partial charge >= 0.3 is 6.03 Å². The van der Waals surface area contributed by atoms with Crippen LogP contribution >= 0.6 is 11.3 Å². The standard InChI is InChI=1S/C16H17N3O4S2/c1-18-12-5-2-3-7-14(12)25(21,22)19(16(18)20)9-11-10-24-15(17-11)13-6-4-8-23-13/h2-3,5,7,10,13H,4,6,8-9H2,1H3. The Morgan fingerprint density at radius 3 is 2.92 bits per heavy atom. The van der Waals surface area contributed by atoms with Crippen molar-refractivity contribution < 1.29 is 17.9 Å². The lowest BCUT2D eigenvalue weighted by Crippen LogP contribution is -2.48. The van der Waals surface area contributed by atoms with Crippen LogP contribution < -0.4 is 4.90 Å². The van der Waals surface area contributed by atoms with Crippen molar-refractivity contribution in [3.8, 4) is 0 Å². The van der Waals surface area contributed by atoms with Gasteiger partial charge in [0.25, 0.3) is 10.0 Å². The van der Waals surface area contributed by atoms with Crippen LogP contribution in [0.5, 0.6) is 0 Å². The highest BCUT2D eigenvalue weighted by molar-refractivity contribution is 7.90. The molecule has 1 atom stereocenters. The van der Waals surface area contributed by atoms with Crippen LogP contribution in [0.2, 0.25) is 0 Å². The van der Waals surface area contributed by atoms with Gasteiger partial charge in [0.2, 0.25) is 0 Å². The predicted molar refractivity (Wildman–Crippen MR) is 93.0 cm³/mol. The highest BCUT2D eigenvalue weighted by Gasteiger charge is 2.40. The first-order chi connectivity index (χ1) is 12.0. The molecule has 132 valence electrons. The SMILES string of the molecule is CN1C(=O)N(Cc2csc(C3CCCO3)n2)S(=O)(=O)c2ccccc21. The number of rotatable bonds is 3. The Labute approximate surface area is 149 Å². The minimum Gasteiger partial charge on any atom is -0.371 e. The molecule has 2 aliphatic rings. The Balaban J connectivity index is 1.65. The molecule has 0 saturated carbocycles. The lowest BCUT2D eigenvalue weighted by molar-refractivity contribution is 0.111. The van der Waals surface area contributed by atoms with Crippen molar-refractivity contribution in [2.24, 2.45) is 0 Å². The van der Waals surface area contributed by atoms with Crippen molar-refractivity contribution in [3.05, 3.63) is 40.3 Å². The van der Waals surface area contributed by atoms with Crippen molar-refractivity contribution >= 4 is 33.1 Å². The summed E-state index contributed by atoms with van der Waals surface area (Å²) in [5.41, 5.74) is 0.947. The largest absolute Gasteiger partial charge is 0.371 e. The maximum Gasteiger partial charge on any atom is 0.338 e. The van der Waals surface area contributed by atoms with E-state index in [1.165, 1.54) is 22.3 Å². The highest BCUT2D eigenvalue weighted by Crippen LogP contribution is 2.35. The molecule has 1 fully saturated rings. The van der Waals surface area contributed by atoms with Gasteiger partial charge in [-0.1, -0.05) is 12.1 Å². The average Bonchev–Trinajstić information content (AvgIpc) is 3.28. The zero-order valence-electron chi connectivity index (χ0n) is 13.6. The number of amides is 2. The van der Waals surface area contributed by atoms with Gasteiger partial charge in [-0.15, -0.1) is 11.3 Å². The number of aromatic nitrogens is 1. The third-order valence-corrected chi connectivity index (χ3v) is 7.13. The number of para-hydroxylation sites is 1. The maximum atomic E-state index is 12.9. The molecule has 0 spiro atoms. The van der Waals surface area contributed by atoms with E-state index in [1.54, 1.807) is 30.6 Å². The van der Waals surface area contributed by atoms with Crippen LogP contribution in [0, 0.1) is 0 Å². The Hall–Kier alpha value is -1.97. The van der Waals surface area contributed by atoms with Crippen LogP contribution in [0.3, 0.4) is 0 Å². The molecule has 2 aliphatic heterocycles. The summed E-state index contributed by atoms with van der Waals surface area (Å²) in [6.45, 7) is 0.642. The fraction of sp³-hybridized carbons (Fsp3) is 0.375. The number of sulfonamides is 1. The lowest BCUT2D eigenvalue weighted by Gasteiger charge is -2.33. The summed E-state index contributed by atoms with van der Waals surface area (Å²) in [5, 5.41) is 2.63. The van der Waals surface area contributed by atoms with Crippen molar-refractivity contribution in [3.63, 3.8) is 0 Å². The van der Waals surface area contributed by atoms with E-state index in [0.29, 0.717) is 11.4 Å². The van der Waals surface area contributed by atoms with Crippen LogP contribution in [0.25, 0.3) is 0 Å². The third-order valence-electron chi connectivity index (χ3n) is 4.38. The predicted octanol–water partition coefficient (Wildman–Crippen LogP) is 2.76. The molecule has 1 aromatic carbocycles. The highest BCUT2D eigenvalue weighted by atomic mass is 32.2. The van der Waals surface area contributed by atoms with E-state index in [9.17, 15) is 13.2 Å². The average molecular weight is 379 g/mol. The number of nitrogens with zero attached hydrogens (tertiary/aromatic N) is 3. The molecule has 25 heavy (non-hydrogen) atoms. The molecule has 2 aromatic rings. The number of anilines is 1. The number of urea groups is 1. The first-order valence-electron chi connectivity index (χ1n) is 7.94. The van der Waals surface area contributed by atoms with Gasteiger partial charge < -0.3 is 4.74 Å². The summed E-state index contributed by atoms with van der Waals surface area (Å²) in [6, 6.07) is 5.92. The number of carbonyl (C=O) groups is 1. The van der Waals surface area contributed by atoms with Crippen LogP contribution in [0.4, 0.5) is 10.5 Å². The summed E-state index contributed by atoms with van der Waals surface area (Å²) in [5.74, 6) is 0. The molecule has 7 nitrogen and oxygen atoms in total. The molecular weight excluding hydrogens is 362 g/mol. The molecular formula is C16H17N3O4S2. The summed E-state index contributed by atoms with van der Waals surface area (Å²) in [7, 11) is -2.33. The van der Waals surface area contributed by atoms with Gasteiger partial charge in [-0.05, 0) is 25.0 Å². The van der Waals surface area contributed by atoms with Crippen molar-refractivity contribution in [2.45, 2.75) is 30.4 Å². The van der Waals surface area contributed by atoms with Gasteiger partial charge in [0, 0.05) is 19.0 Å². The van der Waals surface area contributed by atoms with E-state index in [0.717, 1.165) is 28.8 Å². The number of ether oxygens (including phenoxy) is 1. The molecule has 2 amide bonds. The smallest absolute Gasteiger partial charge is 0.338 e. The van der Waals surface area contributed by atoms with Gasteiger partial charge in [-0.3, -0.25) is 4.90 Å². The molecule has 1 saturated heterocycles. The van der Waals surface area contributed by atoms with Crippen LogP contribution in [-0.4, -0.2) is 37.4 Å². The Morgan fingerprint density at radius 1 is 1.36 bits per heavy atom. The first-order valence-corrected chi connectivity index (χ1v) is 10.3. The van der Waals surface area contributed by atoms with Crippen LogP contribution in [-0.2, 0) is 21.3 Å².